The van der Waals surface area contributed by atoms with Crippen molar-refractivity contribution in [1.29, 1.82) is 0 Å². The highest BCUT2D eigenvalue weighted by atomic mass is 15.5. The van der Waals surface area contributed by atoms with E-state index in [1.807, 2.05) is 30.6 Å². The number of anilines is 1. The third kappa shape index (κ3) is 2.39. The van der Waals surface area contributed by atoms with Crippen LogP contribution in [0.3, 0.4) is 0 Å². The molecule has 1 saturated heterocycles. The number of benzene rings is 1. The summed E-state index contributed by atoms with van der Waals surface area (Å²) in [6.07, 6.45) is 5.35. The predicted molar refractivity (Wildman–Crippen MR) is 84.2 cm³/mol. The Hall–Kier alpha value is -2.54. The number of nitrogens with zero attached hydrogens (tertiary/aromatic N) is 7. The summed E-state index contributed by atoms with van der Waals surface area (Å²) in [5.41, 5.74) is 1.90. The highest BCUT2D eigenvalue weighted by Gasteiger charge is 2.17. The molecule has 0 spiro atoms. The number of aromatic nitrogens is 5. The minimum atomic E-state index is 0.928. The van der Waals surface area contributed by atoms with E-state index in [0.717, 1.165) is 48.6 Å². The van der Waals surface area contributed by atoms with E-state index in [1.165, 1.54) is 0 Å². The van der Waals surface area contributed by atoms with Crippen molar-refractivity contribution in [2.24, 2.45) is 0 Å². The molecule has 22 heavy (non-hydrogen) atoms. The van der Waals surface area contributed by atoms with Crippen molar-refractivity contribution < 1.29 is 0 Å². The van der Waals surface area contributed by atoms with Crippen LogP contribution in [0.2, 0.25) is 0 Å². The average Bonchev–Trinajstić information content (AvgIpc) is 3.05. The molecule has 3 aromatic rings. The Kier molecular flexibility index (Phi) is 3.19. The van der Waals surface area contributed by atoms with Crippen LogP contribution < -0.4 is 4.90 Å². The highest BCUT2D eigenvalue weighted by Crippen LogP contribution is 2.18. The van der Waals surface area contributed by atoms with Gasteiger partial charge in [-0.2, -0.15) is 0 Å². The number of hydrogen-bond acceptors (Lipinski definition) is 6. The number of rotatable bonds is 2. The molecule has 0 amide bonds. The van der Waals surface area contributed by atoms with Crippen molar-refractivity contribution >= 4 is 16.7 Å². The van der Waals surface area contributed by atoms with E-state index >= 15 is 0 Å². The molecule has 0 atom stereocenters. The van der Waals surface area contributed by atoms with Crippen LogP contribution in [0.15, 0.2) is 36.9 Å². The summed E-state index contributed by atoms with van der Waals surface area (Å²) in [6.45, 7) is 4.09. The monoisotopic (exact) mass is 295 g/mol. The van der Waals surface area contributed by atoms with E-state index in [0.29, 0.717) is 0 Å². The van der Waals surface area contributed by atoms with Crippen molar-refractivity contribution in [2.45, 2.75) is 0 Å². The Morgan fingerprint density at radius 3 is 2.82 bits per heavy atom. The lowest BCUT2D eigenvalue weighted by molar-refractivity contribution is 0.312. The maximum Gasteiger partial charge on any atom is 0.171 e. The largest absolute Gasteiger partial charge is 0.351 e. The zero-order chi connectivity index (χ0) is 14.9. The average molecular weight is 295 g/mol. The standard InChI is InChI=1S/C15H17N7/c1-20-4-6-21(7-5-20)15-10-22(19-18-15)13-2-3-14-12(8-13)9-16-11-17-14/h2-3,8-11H,4-7H2,1H3. The van der Waals surface area contributed by atoms with E-state index < -0.39 is 0 Å². The van der Waals surface area contributed by atoms with Gasteiger partial charge in [0.1, 0.15) is 6.33 Å². The van der Waals surface area contributed by atoms with E-state index in [9.17, 15) is 0 Å². The van der Waals surface area contributed by atoms with Gasteiger partial charge in [-0.15, -0.1) is 5.10 Å². The fraction of sp³-hybridized carbons (Fsp3) is 0.333. The summed E-state index contributed by atoms with van der Waals surface area (Å²) < 4.78 is 1.81. The summed E-state index contributed by atoms with van der Waals surface area (Å²) in [7, 11) is 2.14. The van der Waals surface area contributed by atoms with E-state index in [1.54, 1.807) is 11.0 Å². The van der Waals surface area contributed by atoms with Gasteiger partial charge in [0.25, 0.3) is 0 Å². The first kappa shape index (κ1) is 13.1. The first-order valence-electron chi connectivity index (χ1n) is 7.35. The highest BCUT2D eigenvalue weighted by molar-refractivity contribution is 5.79. The number of hydrogen-bond donors (Lipinski definition) is 0. The van der Waals surface area contributed by atoms with Gasteiger partial charge < -0.3 is 9.80 Å². The Bertz CT molecular complexity index is 789. The molecule has 2 aromatic heterocycles. The van der Waals surface area contributed by atoms with Gasteiger partial charge in [0.05, 0.1) is 17.4 Å². The molecular formula is C15H17N7. The molecule has 0 N–H and O–H groups in total. The molecule has 0 aliphatic carbocycles. The molecule has 1 aliphatic heterocycles. The molecule has 7 heteroatoms. The first-order valence-corrected chi connectivity index (χ1v) is 7.35. The molecule has 0 radical (unpaired) electrons. The fourth-order valence-corrected chi connectivity index (χ4v) is 2.68. The van der Waals surface area contributed by atoms with E-state index in [4.69, 9.17) is 0 Å². The lowest BCUT2D eigenvalue weighted by atomic mass is 10.2. The molecule has 1 aromatic carbocycles. The SMILES string of the molecule is CN1CCN(c2cn(-c3ccc4ncncc4c3)nn2)CC1. The molecule has 3 heterocycles. The van der Waals surface area contributed by atoms with Crippen LogP contribution in [-0.4, -0.2) is 63.1 Å². The van der Waals surface area contributed by atoms with Crippen LogP contribution in [0.1, 0.15) is 0 Å². The fourth-order valence-electron chi connectivity index (χ4n) is 2.68. The van der Waals surface area contributed by atoms with Crippen LogP contribution in [0, 0.1) is 0 Å². The third-order valence-electron chi connectivity index (χ3n) is 4.06. The molecule has 0 bridgehead atoms. The van der Waals surface area contributed by atoms with Crippen molar-refractivity contribution in [2.75, 3.05) is 38.1 Å². The van der Waals surface area contributed by atoms with Gasteiger partial charge in [-0.25, -0.2) is 14.6 Å². The summed E-state index contributed by atoms with van der Waals surface area (Å²) >= 11 is 0. The second kappa shape index (κ2) is 5.34. The van der Waals surface area contributed by atoms with Gasteiger partial charge in [0.15, 0.2) is 5.82 Å². The Morgan fingerprint density at radius 1 is 1.09 bits per heavy atom. The van der Waals surface area contributed by atoms with Crippen LogP contribution in [0.5, 0.6) is 0 Å². The van der Waals surface area contributed by atoms with Crippen LogP contribution in [-0.2, 0) is 0 Å². The molecule has 1 aliphatic rings. The van der Waals surface area contributed by atoms with Crippen molar-refractivity contribution in [3.8, 4) is 5.69 Å². The quantitative estimate of drug-likeness (QED) is 0.702. The molecular weight excluding hydrogens is 278 g/mol. The number of likely N-dealkylation sites (N-methyl/N-ethyl adjacent to an activating group) is 1. The number of fused-ring (bicyclic) bond motifs is 1. The lowest BCUT2D eigenvalue weighted by Gasteiger charge is -2.31. The summed E-state index contributed by atoms with van der Waals surface area (Å²) in [4.78, 5) is 12.9. The molecule has 0 saturated carbocycles. The normalized spacial score (nSPS) is 16.3. The van der Waals surface area contributed by atoms with Crippen LogP contribution >= 0.6 is 0 Å². The molecule has 1 fully saturated rings. The van der Waals surface area contributed by atoms with Crippen LogP contribution in [0.4, 0.5) is 5.82 Å². The van der Waals surface area contributed by atoms with Gasteiger partial charge in [0.2, 0.25) is 0 Å². The summed E-state index contributed by atoms with van der Waals surface area (Å²) in [6, 6.07) is 6.00. The maximum atomic E-state index is 4.31. The topological polar surface area (TPSA) is 63.0 Å². The number of piperazine rings is 1. The molecule has 7 nitrogen and oxygen atoms in total. The van der Waals surface area contributed by atoms with E-state index in [-0.39, 0.29) is 0 Å². The Labute approximate surface area is 128 Å². The zero-order valence-electron chi connectivity index (χ0n) is 12.4. The van der Waals surface area contributed by atoms with Crippen molar-refractivity contribution in [3.05, 3.63) is 36.9 Å². The third-order valence-corrected chi connectivity index (χ3v) is 4.06. The van der Waals surface area contributed by atoms with Crippen LogP contribution in [0.25, 0.3) is 16.6 Å². The van der Waals surface area contributed by atoms with Crippen molar-refractivity contribution in [3.63, 3.8) is 0 Å². The maximum absolute atomic E-state index is 4.31. The zero-order valence-corrected chi connectivity index (χ0v) is 12.4. The second-order valence-corrected chi connectivity index (χ2v) is 5.58. The van der Waals surface area contributed by atoms with Gasteiger partial charge in [-0.1, -0.05) is 5.21 Å². The van der Waals surface area contributed by atoms with Gasteiger partial charge in [-0.05, 0) is 25.2 Å². The van der Waals surface area contributed by atoms with Gasteiger partial charge >= 0.3 is 0 Å². The first-order chi connectivity index (χ1) is 10.8. The van der Waals surface area contributed by atoms with E-state index in [2.05, 4.69) is 37.1 Å². The molecule has 4 rings (SSSR count). The molecule has 0 unspecified atom stereocenters. The Morgan fingerprint density at radius 2 is 1.95 bits per heavy atom. The predicted octanol–water partition coefficient (Wildman–Crippen LogP) is 0.962. The van der Waals surface area contributed by atoms with Gasteiger partial charge in [0, 0.05) is 37.8 Å². The van der Waals surface area contributed by atoms with Crippen molar-refractivity contribution in [1.82, 2.24) is 29.9 Å². The smallest absolute Gasteiger partial charge is 0.171 e. The summed E-state index contributed by atoms with van der Waals surface area (Å²) in [5, 5.41) is 9.57. The molecule has 112 valence electrons. The lowest BCUT2D eigenvalue weighted by Crippen LogP contribution is -2.44. The second-order valence-electron chi connectivity index (χ2n) is 5.58. The minimum Gasteiger partial charge on any atom is -0.351 e. The Balaban J connectivity index is 1.62. The minimum absolute atomic E-state index is 0.928. The van der Waals surface area contributed by atoms with Gasteiger partial charge in [-0.3, -0.25) is 0 Å². The summed E-state index contributed by atoms with van der Waals surface area (Å²) in [5.74, 6) is 0.928.